The largest absolute Gasteiger partial charge is 0.457 e. The molecule has 1 aliphatic rings. The van der Waals surface area contributed by atoms with Crippen LogP contribution in [0.3, 0.4) is 0 Å². The van der Waals surface area contributed by atoms with E-state index in [1.54, 1.807) is 0 Å². The van der Waals surface area contributed by atoms with Crippen LogP contribution in [0.1, 0.15) is 52.7 Å². The number of ether oxygens (including phenoxy) is 1. The smallest absolute Gasteiger partial charge is 0.137 e. The normalized spacial score (nSPS) is 13.1. The Morgan fingerprint density at radius 3 is 2.11 bits per heavy atom. The number of para-hydroxylation sites is 1. The molecule has 272 valence electrons. The van der Waals surface area contributed by atoms with Gasteiger partial charge >= 0.3 is 0 Å². The molecule has 0 aliphatic carbocycles. The molecule has 6 heteroatoms. The Morgan fingerprint density at radius 1 is 0.545 bits per heavy atom. The molecule has 8 aromatic rings. The number of pyridine rings is 2. The summed E-state index contributed by atoms with van der Waals surface area (Å²) in [5, 5.41) is 2.34. The molecule has 3 aromatic heterocycles. The van der Waals surface area contributed by atoms with E-state index in [1.165, 1.54) is 33.3 Å². The summed E-state index contributed by atoms with van der Waals surface area (Å²) >= 11 is 0. The number of benzene rings is 5. The Bertz CT molecular complexity index is 2700. The van der Waals surface area contributed by atoms with Crippen LogP contribution in [0.25, 0.3) is 38.8 Å². The van der Waals surface area contributed by atoms with Gasteiger partial charge in [-0.1, -0.05) is 108 Å². The van der Waals surface area contributed by atoms with Crippen LogP contribution in [0.15, 0.2) is 152 Å². The van der Waals surface area contributed by atoms with E-state index in [4.69, 9.17) is 9.72 Å². The van der Waals surface area contributed by atoms with Crippen molar-refractivity contribution in [2.45, 2.75) is 52.4 Å². The lowest BCUT2D eigenvalue weighted by Crippen LogP contribution is -2.25. The maximum absolute atomic E-state index is 6.69. The number of hydrogen-bond donors (Lipinski definition) is 0. The number of anilines is 4. The lowest BCUT2D eigenvalue weighted by molar-refractivity contribution is 0.483. The lowest BCUT2D eigenvalue weighted by atomic mass is 9.85. The molecule has 0 unspecified atom stereocenters. The Balaban J connectivity index is 1.09. The zero-order chi connectivity index (χ0) is 37.9. The van der Waals surface area contributed by atoms with Crippen molar-refractivity contribution in [3.05, 3.63) is 163 Å². The summed E-state index contributed by atoms with van der Waals surface area (Å²) in [5.74, 6) is 2.42. The van der Waals surface area contributed by atoms with Crippen LogP contribution >= 0.6 is 0 Å². The van der Waals surface area contributed by atoms with E-state index in [0.717, 1.165) is 50.8 Å². The third-order valence-corrected chi connectivity index (χ3v) is 10.7. The van der Waals surface area contributed by atoms with Crippen LogP contribution in [0.4, 0.5) is 22.7 Å². The van der Waals surface area contributed by atoms with Crippen LogP contribution in [-0.4, -0.2) is 21.2 Å². The van der Waals surface area contributed by atoms with Gasteiger partial charge in [0.05, 0.1) is 34.3 Å². The SMILES string of the molecule is CC(C)(C)c1ccnc(-n2c3ccccc3c3ccc(Oc4cccc(N5CN(c6cc(C(C)(C)C)ccc6-c6ccccc6)c6ccncc65)c4)cc32)c1. The van der Waals surface area contributed by atoms with Crippen molar-refractivity contribution in [3.63, 3.8) is 0 Å². The van der Waals surface area contributed by atoms with Crippen molar-refractivity contribution >= 4 is 44.6 Å². The first-order valence-corrected chi connectivity index (χ1v) is 19.0. The molecule has 1 aliphatic heterocycles. The average Bonchev–Trinajstić information content (AvgIpc) is 3.74. The van der Waals surface area contributed by atoms with E-state index < -0.39 is 0 Å². The summed E-state index contributed by atoms with van der Waals surface area (Å²) in [5.41, 5.74) is 11.5. The molecule has 0 atom stereocenters. The fourth-order valence-electron chi connectivity index (χ4n) is 7.74. The molecule has 0 N–H and O–H groups in total. The molecule has 0 amide bonds. The second-order valence-electron chi connectivity index (χ2n) is 16.5. The van der Waals surface area contributed by atoms with Crippen LogP contribution in [0.5, 0.6) is 11.5 Å². The first-order chi connectivity index (χ1) is 26.5. The van der Waals surface area contributed by atoms with Gasteiger partial charge in [0.25, 0.3) is 0 Å². The monoisotopic (exact) mass is 719 g/mol. The predicted octanol–water partition coefficient (Wildman–Crippen LogP) is 12.9. The van der Waals surface area contributed by atoms with Crippen molar-refractivity contribution in [1.29, 1.82) is 0 Å². The first kappa shape index (κ1) is 34.4. The van der Waals surface area contributed by atoms with Gasteiger partial charge in [0.2, 0.25) is 0 Å². The molecule has 5 aromatic carbocycles. The van der Waals surface area contributed by atoms with Crippen LogP contribution in [0.2, 0.25) is 0 Å². The second-order valence-corrected chi connectivity index (χ2v) is 16.5. The third kappa shape index (κ3) is 6.27. The molecule has 0 bridgehead atoms. The van der Waals surface area contributed by atoms with Gasteiger partial charge in [-0.15, -0.1) is 0 Å². The molecule has 6 nitrogen and oxygen atoms in total. The van der Waals surface area contributed by atoms with E-state index >= 15 is 0 Å². The molecule has 0 radical (unpaired) electrons. The topological polar surface area (TPSA) is 46.4 Å². The van der Waals surface area contributed by atoms with E-state index in [0.29, 0.717) is 6.67 Å². The Hall–Kier alpha value is -6.40. The average molecular weight is 720 g/mol. The van der Waals surface area contributed by atoms with E-state index in [9.17, 15) is 0 Å². The summed E-state index contributed by atoms with van der Waals surface area (Å²) in [7, 11) is 0. The van der Waals surface area contributed by atoms with Gasteiger partial charge in [0, 0.05) is 46.5 Å². The number of nitrogens with zero attached hydrogens (tertiary/aromatic N) is 5. The van der Waals surface area contributed by atoms with Crippen molar-refractivity contribution in [2.24, 2.45) is 0 Å². The van der Waals surface area contributed by atoms with Gasteiger partial charge in [-0.3, -0.25) is 9.55 Å². The summed E-state index contributed by atoms with van der Waals surface area (Å²) in [6.07, 6.45) is 5.77. The van der Waals surface area contributed by atoms with Gasteiger partial charge < -0.3 is 14.5 Å². The summed E-state index contributed by atoms with van der Waals surface area (Å²) in [6, 6.07) is 47.3. The van der Waals surface area contributed by atoms with Crippen molar-refractivity contribution in [1.82, 2.24) is 14.5 Å². The van der Waals surface area contributed by atoms with Gasteiger partial charge in [-0.05, 0) is 82.1 Å². The summed E-state index contributed by atoms with van der Waals surface area (Å²) < 4.78 is 8.95. The Morgan fingerprint density at radius 2 is 1.29 bits per heavy atom. The van der Waals surface area contributed by atoms with Gasteiger partial charge in [0.15, 0.2) is 0 Å². The molecule has 0 saturated heterocycles. The van der Waals surface area contributed by atoms with E-state index in [2.05, 4.69) is 188 Å². The zero-order valence-electron chi connectivity index (χ0n) is 32.3. The minimum absolute atomic E-state index is 0.000471. The standard InChI is InChI=1S/C49H45N5O/c1-48(2,3)34-19-21-39(33-13-8-7-9-14-33)44(27-34)53-32-52(46-31-50-25-24-43(46)53)36-15-12-16-37(29-36)55-38-20-22-41-40-17-10-11-18-42(40)54(45(41)30-38)47-28-35(23-26-51-47)49(4,5)6/h7-31H,32H2,1-6H3. The number of hydrogen-bond acceptors (Lipinski definition) is 5. The van der Waals surface area contributed by atoms with Gasteiger partial charge in [-0.25, -0.2) is 4.98 Å². The Kier molecular flexibility index (Phi) is 8.23. The van der Waals surface area contributed by atoms with Crippen molar-refractivity contribution in [3.8, 4) is 28.4 Å². The van der Waals surface area contributed by atoms with Crippen LogP contribution in [0, 0.1) is 0 Å². The van der Waals surface area contributed by atoms with Crippen molar-refractivity contribution in [2.75, 3.05) is 16.5 Å². The van der Waals surface area contributed by atoms with Gasteiger partial charge in [-0.2, -0.15) is 0 Å². The highest BCUT2D eigenvalue weighted by Gasteiger charge is 2.31. The molecule has 0 fully saturated rings. The molecule has 0 saturated carbocycles. The predicted molar refractivity (Wildman–Crippen MR) is 228 cm³/mol. The molecule has 0 spiro atoms. The van der Waals surface area contributed by atoms with E-state index in [1.807, 2.05) is 24.7 Å². The van der Waals surface area contributed by atoms with E-state index in [-0.39, 0.29) is 10.8 Å². The van der Waals surface area contributed by atoms with Crippen molar-refractivity contribution < 1.29 is 4.74 Å². The molecule has 9 rings (SSSR count). The van der Waals surface area contributed by atoms with Crippen LogP contribution in [-0.2, 0) is 10.8 Å². The van der Waals surface area contributed by atoms with Gasteiger partial charge in [0.1, 0.15) is 24.0 Å². The molecule has 55 heavy (non-hydrogen) atoms. The fourth-order valence-corrected chi connectivity index (χ4v) is 7.74. The highest BCUT2D eigenvalue weighted by atomic mass is 16.5. The minimum atomic E-state index is -0.000661. The Labute approximate surface area is 323 Å². The zero-order valence-corrected chi connectivity index (χ0v) is 32.3. The number of aromatic nitrogens is 3. The number of fused-ring (bicyclic) bond motifs is 4. The maximum atomic E-state index is 6.69. The van der Waals surface area contributed by atoms with Crippen LogP contribution < -0.4 is 14.5 Å². The molecule has 4 heterocycles. The second kappa shape index (κ2) is 13.2. The lowest BCUT2D eigenvalue weighted by Gasteiger charge is -2.27. The summed E-state index contributed by atoms with van der Waals surface area (Å²) in [4.78, 5) is 14.2. The summed E-state index contributed by atoms with van der Waals surface area (Å²) in [6.45, 7) is 14.1. The highest BCUT2D eigenvalue weighted by molar-refractivity contribution is 6.09. The molecular formula is C49H45N5O. The first-order valence-electron chi connectivity index (χ1n) is 19.0. The third-order valence-electron chi connectivity index (χ3n) is 10.7. The quantitative estimate of drug-likeness (QED) is 0.171. The highest BCUT2D eigenvalue weighted by Crippen LogP contribution is 2.48. The maximum Gasteiger partial charge on any atom is 0.137 e. The minimum Gasteiger partial charge on any atom is -0.457 e. The fraction of sp³-hybridized carbons (Fsp3) is 0.184. The molecular weight excluding hydrogens is 675 g/mol. The number of rotatable bonds is 6.